The minimum Gasteiger partial charge on any atom is -0.262 e. The zero-order valence-electron chi connectivity index (χ0n) is 8.99. The molecule has 2 heteroatoms. The smallest absolute Gasteiger partial charge is 0.0885 e. The fourth-order valence-electron chi connectivity index (χ4n) is 1.01. The van der Waals surface area contributed by atoms with Crippen LogP contribution in [0.15, 0.2) is 34.3 Å². The summed E-state index contributed by atoms with van der Waals surface area (Å²) >= 11 is 0. The van der Waals surface area contributed by atoms with Gasteiger partial charge >= 0.3 is 0 Å². The number of benzene rings is 1. The molecule has 0 heterocycles. The van der Waals surface area contributed by atoms with Crippen LogP contribution in [0.4, 0.5) is 11.4 Å². The minimum absolute atomic E-state index is 0.466. The van der Waals surface area contributed by atoms with E-state index in [0.717, 1.165) is 17.1 Å². The van der Waals surface area contributed by atoms with Gasteiger partial charge in [0.25, 0.3) is 0 Å². The van der Waals surface area contributed by atoms with Gasteiger partial charge in [0.15, 0.2) is 0 Å². The van der Waals surface area contributed by atoms with E-state index in [9.17, 15) is 0 Å². The second kappa shape index (κ2) is 4.70. The van der Waals surface area contributed by atoms with Gasteiger partial charge in [-0.05, 0) is 31.7 Å². The number of hydrogen-bond donors (Lipinski definition) is 0. The van der Waals surface area contributed by atoms with Gasteiger partial charge in [-0.3, -0.25) is 9.98 Å². The van der Waals surface area contributed by atoms with Gasteiger partial charge in [0.05, 0.1) is 11.4 Å². The highest BCUT2D eigenvalue weighted by molar-refractivity contribution is 5.87. The summed E-state index contributed by atoms with van der Waals surface area (Å²) in [5.41, 5.74) is 2.85. The molecule has 14 heavy (non-hydrogen) atoms. The molecule has 1 aromatic carbocycles. The van der Waals surface area contributed by atoms with E-state index in [-0.39, 0.29) is 0 Å². The van der Waals surface area contributed by atoms with E-state index < -0.39 is 0 Å². The highest BCUT2D eigenvalue weighted by Crippen LogP contribution is 2.27. The van der Waals surface area contributed by atoms with Crippen LogP contribution in [0.3, 0.4) is 0 Å². The summed E-state index contributed by atoms with van der Waals surface area (Å²) in [6.07, 6.45) is 0. The van der Waals surface area contributed by atoms with Gasteiger partial charge in [0, 0.05) is 5.71 Å². The first kappa shape index (κ1) is 10.6. The third-order valence-electron chi connectivity index (χ3n) is 2.18. The third-order valence-corrected chi connectivity index (χ3v) is 2.18. The first-order valence-corrected chi connectivity index (χ1v) is 4.76. The van der Waals surface area contributed by atoms with E-state index >= 15 is 0 Å². The lowest BCUT2D eigenvalue weighted by molar-refractivity contribution is 0.879. The van der Waals surface area contributed by atoms with Crippen molar-refractivity contribution in [2.45, 2.75) is 20.8 Å². The van der Waals surface area contributed by atoms with E-state index in [0.29, 0.717) is 5.92 Å². The lowest BCUT2D eigenvalue weighted by Crippen LogP contribution is -2.00. The highest BCUT2D eigenvalue weighted by Gasteiger charge is 2.01. The standard InChI is InChI=1S/C12H16N2/c1-9(2)10(3)14-12-8-6-5-7-11(12)13-4/h5-9H,4H2,1-3H3/b14-10+. The Kier molecular flexibility index (Phi) is 3.57. The van der Waals surface area contributed by atoms with E-state index in [1.165, 1.54) is 0 Å². The summed E-state index contributed by atoms with van der Waals surface area (Å²) in [4.78, 5) is 8.44. The average Bonchev–Trinajstić information content (AvgIpc) is 2.18. The molecular formula is C12H16N2. The number of para-hydroxylation sites is 2. The van der Waals surface area contributed by atoms with Crippen LogP contribution in [-0.2, 0) is 0 Å². The normalized spacial score (nSPS) is 11.9. The van der Waals surface area contributed by atoms with Crippen LogP contribution < -0.4 is 0 Å². The largest absolute Gasteiger partial charge is 0.262 e. The molecule has 0 aliphatic carbocycles. The Labute approximate surface area is 85.4 Å². The Bertz CT molecular complexity index is 351. The molecule has 1 aromatic rings. The van der Waals surface area contributed by atoms with Crippen molar-refractivity contribution >= 4 is 23.8 Å². The lowest BCUT2D eigenvalue weighted by atomic mass is 10.1. The minimum atomic E-state index is 0.466. The van der Waals surface area contributed by atoms with E-state index in [4.69, 9.17) is 0 Å². The number of aliphatic imine (C=N–C) groups is 2. The Morgan fingerprint density at radius 1 is 1.21 bits per heavy atom. The van der Waals surface area contributed by atoms with E-state index in [2.05, 4.69) is 30.5 Å². The summed E-state index contributed by atoms with van der Waals surface area (Å²) in [5.74, 6) is 0.466. The van der Waals surface area contributed by atoms with Crippen molar-refractivity contribution < 1.29 is 0 Å². The van der Waals surface area contributed by atoms with Crippen LogP contribution in [0, 0.1) is 5.92 Å². The molecule has 0 aliphatic rings. The van der Waals surface area contributed by atoms with Crippen molar-refractivity contribution in [3.8, 4) is 0 Å². The first-order valence-electron chi connectivity index (χ1n) is 4.76. The van der Waals surface area contributed by atoms with E-state index in [1.807, 2.05) is 31.2 Å². The molecule has 74 valence electrons. The molecule has 0 atom stereocenters. The molecule has 0 spiro atoms. The number of nitrogens with zero attached hydrogens (tertiary/aromatic N) is 2. The zero-order chi connectivity index (χ0) is 10.6. The quantitative estimate of drug-likeness (QED) is 0.645. The molecule has 0 aromatic heterocycles. The lowest BCUT2D eigenvalue weighted by Gasteiger charge is -2.05. The predicted molar refractivity (Wildman–Crippen MR) is 63.3 cm³/mol. The molecule has 1 rings (SSSR count). The van der Waals surface area contributed by atoms with Crippen LogP contribution in [0.1, 0.15) is 20.8 Å². The topological polar surface area (TPSA) is 24.7 Å². The van der Waals surface area contributed by atoms with Gasteiger partial charge in [-0.2, -0.15) is 0 Å². The predicted octanol–water partition coefficient (Wildman–Crippen LogP) is 3.77. The molecule has 2 nitrogen and oxygen atoms in total. The van der Waals surface area contributed by atoms with Crippen molar-refractivity contribution in [3.05, 3.63) is 24.3 Å². The van der Waals surface area contributed by atoms with Gasteiger partial charge in [0.1, 0.15) is 0 Å². The SMILES string of the molecule is C=Nc1ccccc1/N=C(\C)C(C)C. The molecule has 0 amide bonds. The Hall–Kier alpha value is -1.44. The van der Waals surface area contributed by atoms with Crippen LogP contribution in [0.5, 0.6) is 0 Å². The van der Waals surface area contributed by atoms with Gasteiger partial charge in [-0.15, -0.1) is 0 Å². The maximum atomic E-state index is 4.51. The maximum absolute atomic E-state index is 4.51. The zero-order valence-corrected chi connectivity index (χ0v) is 8.99. The van der Waals surface area contributed by atoms with Crippen LogP contribution >= 0.6 is 0 Å². The van der Waals surface area contributed by atoms with Crippen molar-refractivity contribution in [2.75, 3.05) is 0 Å². The molecule has 0 fully saturated rings. The van der Waals surface area contributed by atoms with Crippen LogP contribution in [0.25, 0.3) is 0 Å². The molecule has 0 saturated heterocycles. The van der Waals surface area contributed by atoms with Crippen molar-refractivity contribution in [1.29, 1.82) is 0 Å². The Morgan fingerprint density at radius 3 is 2.29 bits per heavy atom. The summed E-state index contributed by atoms with van der Waals surface area (Å²) < 4.78 is 0. The third kappa shape index (κ3) is 2.52. The second-order valence-electron chi connectivity index (χ2n) is 3.55. The Balaban J connectivity index is 3.07. The fraction of sp³-hybridized carbons (Fsp3) is 0.333. The molecular weight excluding hydrogens is 172 g/mol. The number of rotatable bonds is 3. The van der Waals surface area contributed by atoms with Crippen LogP contribution in [-0.4, -0.2) is 12.4 Å². The molecule has 0 radical (unpaired) electrons. The monoisotopic (exact) mass is 188 g/mol. The average molecular weight is 188 g/mol. The van der Waals surface area contributed by atoms with Gasteiger partial charge in [-0.25, -0.2) is 0 Å². The molecule has 0 aliphatic heterocycles. The first-order chi connectivity index (χ1) is 6.65. The Morgan fingerprint density at radius 2 is 1.79 bits per heavy atom. The molecule has 0 unspecified atom stereocenters. The van der Waals surface area contributed by atoms with Crippen molar-refractivity contribution in [1.82, 2.24) is 0 Å². The molecule has 0 N–H and O–H groups in total. The van der Waals surface area contributed by atoms with Gasteiger partial charge in [0.2, 0.25) is 0 Å². The summed E-state index contributed by atoms with van der Waals surface area (Å²) in [5, 5.41) is 0. The van der Waals surface area contributed by atoms with E-state index in [1.54, 1.807) is 0 Å². The molecule has 0 saturated carbocycles. The molecule has 0 bridgehead atoms. The summed E-state index contributed by atoms with van der Waals surface area (Å²) in [6.45, 7) is 9.81. The van der Waals surface area contributed by atoms with Crippen LogP contribution in [0.2, 0.25) is 0 Å². The van der Waals surface area contributed by atoms with Gasteiger partial charge < -0.3 is 0 Å². The number of hydrogen-bond acceptors (Lipinski definition) is 2. The maximum Gasteiger partial charge on any atom is 0.0885 e. The van der Waals surface area contributed by atoms with Crippen molar-refractivity contribution in [3.63, 3.8) is 0 Å². The van der Waals surface area contributed by atoms with Crippen molar-refractivity contribution in [2.24, 2.45) is 15.9 Å². The fourth-order valence-corrected chi connectivity index (χ4v) is 1.01. The summed E-state index contributed by atoms with van der Waals surface area (Å²) in [7, 11) is 0. The summed E-state index contributed by atoms with van der Waals surface area (Å²) in [6, 6.07) is 7.77. The highest BCUT2D eigenvalue weighted by atomic mass is 14.8. The van der Waals surface area contributed by atoms with Gasteiger partial charge in [-0.1, -0.05) is 26.0 Å². The second-order valence-corrected chi connectivity index (χ2v) is 3.55.